The molecular formula is C21H23ClN2O3. The van der Waals surface area contributed by atoms with Crippen LogP contribution in [0.25, 0.3) is 11.1 Å². The van der Waals surface area contributed by atoms with Gasteiger partial charge in [0.05, 0.1) is 6.54 Å². The zero-order valence-electron chi connectivity index (χ0n) is 15.1. The molecule has 1 amide bonds. The fourth-order valence-corrected chi connectivity index (χ4v) is 4.04. The number of carbonyl (C=O) groups is 1. The van der Waals surface area contributed by atoms with Gasteiger partial charge < -0.3 is 20.1 Å². The lowest BCUT2D eigenvalue weighted by Gasteiger charge is -2.28. The van der Waals surface area contributed by atoms with Crippen molar-refractivity contribution in [2.24, 2.45) is 5.92 Å². The number of halogens is 1. The predicted octanol–water partition coefficient (Wildman–Crippen LogP) is 3.43. The first kappa shape index (κ1) is 18.1. The van der Waals surface area contributed by atoms with Gasteiger partial charge in [-0.15, -0.1) is 0 Å². The summed E-state index contributed by atoms with van der Waals surface area (Å²) in [5, 5.41) is 14.4. The second-order valence-electron chi connectivity index (χ2n) is 7.13. The number of rotatable bonds is 2. The Kier molecular flexibility index (Phi) is 5.23. The fraction of sp³-hybridized carbons (Fsp3) is 0.381. The van der Waals surface area contributed by atoms with Gasteiger partial charge in [0.25, 0.3) is 0 Å². The number of aromatic hydroxyl groups is 1. The number of hydrogen-bond acceptors (Lipinski definition) is 4. The van der Waals surface area contributed by atoms with Crippen LogP contribution in [0.4, 0.5) is 0 Å². The third-order valence-corrected chi connectivity index (χ3v) is 5.51. The summed E-state index contributed by atoms with van der Waals surface area (Å²) in [4.78, 5) is 14.8. The van der Waals surface area contributed by atoms with E-state index >= 15 is 0 Å². The zero-order valence-corrected chi connectivity index (χ0v) is 15.8. The third kappa shape index (κ3) is 3.89. The summed E-state index contributed by atoms with van der Waals surface area (Å²) in [6.07, 6.45) is 1.74. The van der Waals surface area contributed by atoms with E-state index < -0.39 is 0 Å². The lowest BCUT2D eigenvalue weighted by Crippen LogP contribution is -2.41. The number of phenols is 1. The molecule has 0 aromatic heterocycles. The van der Waals surface area contributed by atoms with Crippen LogP contribution in [0.3, 0.4) is 0 Å². The van der Waals surface area contributed by atoms with Gasteiger partial charge in [0, 0.05) is 23.0 Å². The highest BCUT2D eigenvalue weighted by molar-refractivity contribution is 6.30. The first-order chi connectivity index (χ1) is 13.1. The SMILES string of the molecule is O=C(C1CCNCC1)N1CCOc2c(O)cc(-c3cccc(Cl)c3)cc2C1. The molecule has 1 fully saturated rings. The Labute approximate surface area is 163 Å². The molecule has 2 aliphatic rings. The normalized spacial score (nSPS) is 17.7. The van der Waals surface area contributed by atoms with Crippen molar-refractivity contribution in [3.8, 4) is 22.6 Å². The van der Waals surface area contributed by atoms with Gasteiger partial charge in [-0.05, 0) is 61.3 Å². The molecule has 0 atom stereocenters. The van der Waals surface area contributed by atoms with Crippen molar-refractivity contribution in [2.45, 2.75) is 19.4 Å². The van der Waals surface area contributed by atoms with Crippen LogP contribution in [0, 0.1) is 5.92 Å². The second kappa shape index (κ2) is 7.79. The number of amides is 1. The van der Waals surface area contributed by atoms with Crippen LogP contribution in [-0.4, -0.2) is 42.2 Å². The number of nitrogens with zero attached hydrogens (tertiary/aromatic N) is 1. The Bertz CT molecular complexity index is 849. The number of fused-ring (bicyclic) bond motifs is 1. The molecule has 0 spiro atoms. The topological polar surface area (TPSA) is 61.8 Å². The zero-order chi connectivity index (χ0) is 18.8. The van der Waals surface area contributed by atoms with Gasteiger partial charge in [0.2, 0.25) is 5.91 Å². The maximum absolute atomic E-state index is 13.0. The minimum absolute atomic E-state index is 0.0671. The van der Waals surface area contributed by atoms with E-state index in [4.69, 9.17) is 16.3 Å². The molecule has 4 rings (SSSR count). The number of piperidine rings is 1. The van der Waals surface area contributed by atoms with E-state index in [9.17, 15) is 9.90 Å². The number of phenolic OH excluding ortho intramolecular Hbond substituents is 1. The minimum Gasteiger partial charge on any atom is -0.504 e. The van der Waals surface area contributed by atoms with Crippen molar-refractivity contribution in [1.82, 2.24) is 10.2 Å². The summed E-state index contributed by atoms with van der Waals surface area (Å²) >= 11 is 6.11. The molecule has 0 unspecified atom stereocenters. The predicted molar refractivity (Wildman–Crippen MR) is 105 cm³/mol. The molecule has 0 aliphatic carbocycles. The van der Waals surface area contributed by atoms with Crippen LogP contribution >= 0.6 is 11.6 Å². The molecular weight excluding hydrogens is 364 g/mol. The largest absolute Gasteiger partial charge is 0.504 e. The summed E-state index contributed by atoms with van der Waals surface area (Å²) in [5.41, 5.74) is 2.60. The number of hydrogen-bond donors (Lipinski definition) is 2. The van der Waals surface area contributed by atoms with Crippen molar-refractivity contribution in [1.29, 1.82) is 0 Å². The van der Waals surface area contributed by atoms with Gasteiger partial charge in [-0.3, -0.25) is 4.79 Å². The van der Waals surface area contributed by atoms with E-state index in [0.29, 0.717) is 30.5 Å². The van der Waals surface area contributed by atoms with Gasteiger partial charge >= 0.3 is 0 Å². The minimum atomic E-state index is 0.0671. The summed E-state index contributed by atoms with van der Waals surface area (Å²) in [5.74, 6) is 0.818. The third-order valence-electron chi connectivity index (χ3n) is 5.27. The van der Waals surface area contributed by atoms with Crippen molar-refractivity contribution in [3.05, 3.63) is 47.0 Å². The van der Waals surface area contributed by atoms with E-state index in [0.717, 1.165) is 42.6 Å². The molecule has 2 aromatic carbocycles. The van der Waals surface area contributed by atoms with Crippen molar-refractivity contribution in [2.75, 3.05) is 26.2 Å². The molecule has 142 valence electrons. The molecule has 2 N–H and O–H groups in total. The molecule has 6 heteroatoms. The van der Waals surface area contributed by atoms with Crippen molar-refractivity contribution in [3.63, 3.8) is 0 Å². The van der Waals surface area contributed by atoms with E-state index in [-0.39, 0.29) is 17.6 Å². The quantitative estimate of drug-likeness (QED) is 0.830. The molecule has 0 bridgehead atoms. The van der Waals surface area contributed by atoms with Crippen LogP contribution in [0.15, 0.2) is 36.4 Å². The highest BCUT2D eigenvalue weighted by Gasteiger charge is 2.29. The molecule has 1 saturated heterocycles. The molecule has 2 aromatic rings. The average Bonchev–Trinajstić information content (AvgIpc) is 2.91. The monoisotopic (exact) mass is 386 g/mol. The Morgan fingerprint density at radius 2 is 2.00 bits per heavy atom. The summed E-state index contributed by atoms with van der Waals surface area (Å²) in [7, 11) is 0. The highest BCUT2D eigenvalue weighted by Crippen LogP contribution is 2.38. The van der Waals surface area contributed by atoms with E-state index in [2.05, 4.69) is 5.32 Å². The number of carbonyl (C=O) groups excluding carboxylic acids is 1. The maximum Gasteiger partial charge on any atom is 0.226 e. The second-order valence-corrected chi connectivity index (χ2v) is 7.56. The molecule has 0 saturated carbocycles. The maximum atomic E-state index is 13.0. The smallest absolute Gasteiger partial charge is 0.226 e. The fourth-order valence-electron chi connectivity index (χ4n) is 3.85. The van der Waals surface area contributed by atoms with Crippen molar-refractivity contribution < 1.29 is 14.6 Å². The molecule has 2 aliphatic heterocycles. The van der Waals surface area contributed by atoms with E-state index in [1.54, 1.807) is 6.07 Å². The van der Waals surface area contributed by atoms with Crippen LogP contribution < -0.4 is 10.1 Å². The lowest BCUT2D eigenvalue weighted by atomic mass is 9.96. The Hall–Kier alpha value is -2.24. The highest BCUT2D eigenvalue weighted by atomic mass is 35.5. The van der Waals surface area contributed by atoms with Crippen LogP contribution in [-0.2, 0) is 11.3 Å². The van der Waals surface area contributed by atoms with Gasteiger partial charge in [-0.2, -0.15) is 0 Å². The van der Waals surface area contributed by atoms with Crippen LogP contribution in [0.5, 0.6) is 11.5 Å². The summed E-state index contributed by atoms with van der Waals surface area (Å²) in [6.45, 7) is 3.13. The number of ether oxygens (including phenoxy) is 1. The Morgan fingerprint density at radius 3 is 2.78 bits per heavy atom. The van der Waals surface area contributed by atoms with E-state index in [1.165, 1.54) is 0 Å². The molecule has 0 radical (unpaired) electrons. The molecule has 2 heterocycles. The molecule has 27 heavy (non-hydrogen) atoms. The molecule has 5 nitrogen and oxygen atoms in total. The first-order valence-corrected chi connectivity index (χ1v) is 9.74. The average molecular weight is 387 g/mol. The van der Waals surface area contributed by atoms with Gasteiger partial charge in [0.1, 0.15) is 6.61 Å². The van der Waals surface area contributed by atoms with Gasteiger partial charge in [0.15, 0.2) is 11.5 Å². The number of nitrogens with one attached hydrogen (secondary N) is 1. The van der Waals surface area contributed by atoms with E-state index in [1.807, 2.05) is 35.2 Å². The lowest BCUT2D eigenvalue weighted by molar-refractivity contribution is -0.137. The van der Waals surface area contributed by atoms with Gasteiger partial charge in [-0.25, -0.2) is 0 Å². The standard InChI is InChI=1S/C21H23ClN2O3/c22-18-3-1-2-15(11-18)16-10-17-13-24(8-9-27-20(17)19(25)12-16)21(26)14-4-6-23-7-5-14/h1-3,10-12,14,23,25H,4-9,13H2. The Morgan fingerprint density at radius 1 is 1.19 bits per heavy atom. The number of benzene rings is 2. The Balaban J connectivity index is 1.63. The van der Waals surface area contributed by atoms with Crippen LogP contribution in [0.1, 0.15) is 18.4 Å². The van der Waals surface area contributed by atoms with Gasteiger partial charge in [-0.1, -0.05) is 23.7 Å². The summed E-state index contributed by atoms with van der Waals surface area (Å²) in [6, 6.07) is 11.2. The first-order valence-electron chi connectivity index (χ1n) is 9.36. The van der Waals surface area contributed by atoms with Crippen LogP contribution in [0.2, 0.25) is 5.02 Å². The summed E-state index contributed by atoms with van der Waals surface area (Å²) < 4.78 is 5.78. The van der Waals surface area contributed by atoms with Crippen molar-refractivity contribution >= 4 is 17.5 Å².